The minimum atomic E-state index is -3.84. The molecule has 6 aromatic rings. The summed E-state index contributed by atoms with van der Waals surface area (Å²) in [7, 11) is -3.84. The Kier molecular flexibility index (Phi) is 10.9. The molecule has 1 aromatic heterocycles. The summed E-state index contributed by atoms with van der Waals surface area (Å²) >= 11 is 6.59. The Morgan fingerprint density at radius 1 is 0.745 bits per heavy atom. The number of carboxylic acid groups (broad SMARTS) is 2. The Labute approximate surface area is 300 Å². The highest BCUT2D eigenvalue weighted by Crippen LogP contribution is 2.38. The number of carbonyl (C=O) groups is 2. The minimum absolute atomic E-state index is 0.0171. The molecule has 0 aliphatic heterocycles. The number of fused-ring (bicyclic) bond motifs is 1. The quantitative estimate of drug-likeness (QED) is 0.0993. The number of halogens is 1. The molecule has 0 aliphatic carbocycles. The first kappa shape index (κ1) is 35.4. The Morgan fingerprint density at radius 2 is 1.39 bits per heavy atom. The number of nitrogens with zero attached hydrogens (tertiary/aromatic N) is 1. The Bertz CT molecular complexity index is 2230. The molecule has 9 nitrogen and oxygen atoms in total. The van der Waals surface area contributed by atoms with Crippen molar-refractivity contribution in [3.63, 3.8) is 0 Å². The van der Waals surface area contributed by atoms with Crippen LogP contribution >= 0.6 is 11.6 Å². The van der Waals surface area contributed by atoms with E-state index in [0.29, 0.717) is 29.2 Å². The second-order valence-corrected chi connectivity index (χ2v) is 14.3. The predicted octanol–water partition coefficient (Wildman–Crippen LogP) is 7.61. The fourth-order valence-electron chi connectivity index (χ4n) is 6.37. The van der Waals surface area contributed by atoms with Gasteiger partial charge >= 0.3 is 11.9 Å². The average Bonchev–Trinajstić information content (AvgIpc) is 3.40. The second kappa shape index (κ2) is 15.6. The molecule has 0 atom stereocenters. The zero-order valence-corrected chi connectivity index (χ0v) is 29.0. The highest BCUT2D eigenvalue weighted by Gasteiger charge is 2.26. The summed E-state index contributed by atoms with van der Waals surface area (Å²) in [5.74, 6) is -2.00. The lowest BCUT2D eigenvalue weighted by atomic mass is 9.97. The standard InChI is InChI=1S/C40H35ClN2O7S/c41-32-16-19-36-35(25-32)34(21-23-50-33-17-14-30(15-18-33)39(44)45)37(20-22-42-51(48,49)26-27-8-7-13-31(24-27)40(46)47)43(36)38(28-9-3-1-4-10-28)29-11-5-2-6-12-29/h1-19,24-25,38,42H,20-23,26H2,(H,44,45)(H,46,47). The fourth-order valence-corrected chi connectivity index (χ4v) is 7.67. The summed E-state index contributed by atoms with van der Waals surface area (Å²) in [5.41, 5.74) is 5.38. The van der Waals surface area contributed by atoms with Crippen LogP contribution in [-0.4, -0.2) is 48.3 Å². The van der Waals surface area contributed by atoms with Crippen molar-refractivity contribution in [1.29, 1.82) is 0 Å². The van der Waals surface area contributed by atoms with Gasteiger partial charge in [0.05, 0.1) is 29.5 Å². The Balaban J connectivity index is 1.39. The van der Waals surface area contributed by atoms with Crippen molar-refractivity contribution in [3.8, 4) is 5.75 Å². The maximum Gasteiger partial charge on any atom is 0.335 e. The van der Waals surface area contributed by atoms with Crippen molar-refractivity contribution >= 4 is 44.5 Å². The number of rotatable bonds is 15. The van der Waals surface area contributed by atoms with Gasteiger partial charge in [0.2, 0.25) is 10.0 Å². The molecule has 11 heteroatoms. The van der Waals surface area contributed by atoms with Gasteiger partial charge in [-0.1, -0.05) is 84.4 Å². The number of benzene rings is 5. The third kappa shape index (κ3) is 8.49. The summed E-state index contributed by atoms with van der Waals surface area (Å²) in [5, 5.41) is 20.1. The third-order valence-electron chi connectivity index (χ3n) is 8.61. The number of hydrogen-bond donors (Lipinski definition) is 3. The van der Waals surface area contributed by atoms with Gasteiger partial charge in [0.25, 0.3) is 0 Å². The molecule has 0 saturated heterocycles. The fraction of sp³-hybridized carbons (Fsp3) is 0.150. The van der Waals surface area contributed by atoms with Crippen LogP contribution in [0.25, 0.3) is 10.9 Å². The monoisotopic (exact) mass is 722 g/mol. The van der Waals surface area contributed by atoms with E-state index in [2.05, 4.69) is 33.6 Å². The van der Waals surface area contributed by atoms with Crippen molar-refractivity contribution in [2.24, 2.45) is 0 Å². The number of sulfonamides is 1. The van der Waals surface area contributed by atoms with Crippen LogP contribution in [0.3, 0.4) is 0 Å². The van der Waals surface area contributed by atoms with Gasteiger partial charge in [-0.15, -0.1) is 0 Å². The summed E-state index contributed by atoms with van der Waals surface area (Å²) < 4.78 is 37.6. The van der Waals surface area contributed by atoms with Crippen LogP contribution in [0, 0.1) is 0 Å². The summed E-state index contributed by atoms with van der Waals surface area (Å²) in [6.07, 6.45) is 0.768. The first-order valence-electron chi connectivity index (χ1n) is 16.3. The Hall–Kier alpha value is -5.42. The van der Waals surface area contributed by atoms with Gasteiger partial charge in [-0.05, 0) is 76.9 Å². The van der Waals surface area contributed by atoms with Crippen molar-refractivity contribution in [2.45, 2.75) is 24.6 Å². The zero-order chi connectivity index (χ0) is 36.0. The highest BCUT2D eigenvalue weighted by molar-refractivity contribution is 7.88. The molecule has 0 radical (unpaired) electrons. The largest absolute Gasteiger partial charge is 0.493 e. The summed E-state index contributed by atoms with van der Waals surface area (Å²) in [6.45, 7) is 0.337. The molecule has 0 amide bonds. The first-order valence-corrected chi connectivity index (χ1v) is 18.3. The molecule has 0 spiro atoms. The highest BCUT2D eigenvalue weighted by atomic mass is 35.5. The van der Waals surface area contributed by atoms with E-state index in [0.717, 1.165) is 33.3 Å². The van der Waals surface area contributed by atoms with E-state index in [1.165, 1.54) is 30.3 Å². The van der Waals surface area contributed by atoms with E-state index in [1.807, 2.05) is 54.6 Å². The lowest BCUT2D eigenvalue weighted by Gasteiger charge is -2.25. The lowest BCUT2D eigenvalue weighted by molar-refractivity contribution is 0.0686. The molecule has 6 rings (SSSR count). The molecule has 3 N–H and O–H groups in total. The van der Waals surface area contributed by atoms with Crippen LogP contribution in [-0.2, 0) is 28.6 Å². The van der Waals surface area contributed by atoms with Crippen LogP contribution in [0.4, 0.5) is 0 Å². The normalized spacial score (nSPS) is 11.6. The van der Waals surface area contributed by atoms with Crippen molar-refractivity contribution < 1.29 is 33.0 Å². The number of hydrogen-bond acceptors (Lipinski definition) is 5. The molecule has 0 bridgehead atoms. The van der Waals surface area contributed by atoms with Gasteiger partial charge in [-0.25, -0.2) is 22.7 Å². The van der Waals surface area contributed by atoms with Crippen molar-refractivity contribution in [2.75, 3.05) is 13.2 Å². The van der Waals surface area contributed by atoms with Crippen LogP contribution < -0.4 is 9.46 Å². The predicted molar refractivity (Wildman–Crippen MR) is 197 cm³/mol. The van der Waals surface area contributed by atoms with E-state index >= 15 is 0 Å². The maximum atomic E-state index is 13.3. The molecule has 0 saturated carbocycles. The number of ether oxygens (including phenoxy) is 1. The smallest absolute Gasteiger partial charge is 0.335 e. The zero-order valence-electron chi connectivity index (χ0n) is 27.4. The van der Waals surface area contributed by atoms with E-state index in [9.17, 15) is 28.2 Å². The molecule has 51 heavy (non-hydrogen) atoms. The van der Waals surface area contributed by atoms with E-state index in [4.69, 9.17) is 16.3 Å². The molecule has 260 valence electrons. The second-order valence-electron chi connectivity index (χ2n) is 12.0. The van der Waals surface area contributed by atoms with Crippen LogP contribution in [0.15, 0.2) is 127 Å². The van der Waals surface area contributed by atoms with Gasteiger partial charge in [0, 0.05) is 41.0 Å². The van der Waals surface area contributed by atoms with Crippen LogP contribution in [0.5, 0.6) is 5.75 Å². The molecule has 0 fully saturated rings. The Morgan fingerprint density at radius 3 is 2.02 bits per heavy atom. The summed E-state index contributed by atoms with van der Waals surface area (Å²) in [6, 6.07) is 37.8. The van der Waals surface area contributed by atoms with Gasteiger partial charge in [0.15, 0.2) is 0 Å². The number of nitrogens with one attached hydrogen (secondary N) is 1. The first-order chi connectivity index (χ1) is 24.6. The number of aromatic nitrogens is 1. The van der Waals surface area contributed by atoms with E-state index < -0.39 is 22.0 Å². The minimum Gasteiger partial charge on any atom is -0.493 e. The van der Waals surface area contributed by atoms with Crippen LogP contribution in [0.2, 0.25) is 5.02 Å². The molecule has 1 heterocycles. The SMILES string of the molecule is O=C(O)c1ccc(OCCc2c(CCNS(=O)(=O)Cc3cccc(C(=O)O)c3)n(C(c3ccccc3)c3ccccc3)c3ccc(Cl)cc23)cc1. The van der Waals surface area contributed by atoms with E-state index in [-0.39, 0.29) is 36.1 Å². The van der Waals surface area contributed by atoms with Crippen LogP contribution in [0.1, 0.15) is 54.7 Å². The van der Waals surface area contributed by atoms with Crippen molar-refractivity contribution in [1.82, 2.24) is 9.29 Å². The molecule has 0 unspecified atom stereocenters. The lowest BCUT2D eigenvalue weighted by Crippen LogP contribution is -2.28. The van der Waals surface area contributed by atoms with Crippen molar-refractivity contribution in [3.05, 3.63) is 171 Å². The van der Waals surface area contributed by atoms with Gasteiger partial charge in [-0.2, -0.15) is 0 Å². The maximum absolute atomic E-state index is 13.3. The number of aromatic carboxylic acids is 2. The average molecular weight is 723 g/mol. The van der Waals surface area contributed by atoms with Gasteiger partial charge < -0.3 is 19.5 Å². The van der Waals surface area contributed by atoms with E-state index in [1.54, 1.807) is 18.2 Å². The van der Waals surface area contributed by atoms with Gasteiger partial charge in [-0.3, -0.25) is 0 Å². The molecular formula is C40H35ClN2O7S. The molecular weight excluding hydrogens is 688 g/mol. The molecule has 0 aliphatic rings. The summed E-state index contributed by atoms with van der Waals surface area (Å²) in [4.78, 5) is 22.8. The van der Waals surface area contributed by atoms with Gasteiger partial charge in [0.1, 0.15) is 5.75 Å². The molecule has 5 aromatic carbocycles. The number of carboxylic acids is 2. The third-order valence-corrected chi connectivity index (χ3v) is 10.2. The topological polar surface area (TPSA) is 135 Å².